The molecule has 0 aliphatic heterocycles. The van der Waals surface area contributed by atoms with Crippen LogP contribution in [0.5, 0.6) is 0 Å². The normalized spacial score (nSPS) is 9.57. The Morgan fingerprint density at radius 1 is 1.24 bits per heavy atom. The third-order valence-corrected chi connectivity index (χ3v) is 2.50. The fourth-order valence-electron chi connectivity index (χ4n) is 1.56. The van der Waals surface area contributed by atoms with Crippen LogP contribution in [-0.2, 0) is 25.5 Å². The Balaban J connectivity index is 2.74. The summed E-state index contributed by atoms with van der Waals surface area (Å²) < 4.78 is 9.63. The fraction of sp³-hybridized carbons (Fsp3) is 0.267. The SMILES string of the molecule is C=CCOC(=O)N(C=O)c1ccc(CC(=O)OCC)cc1. The van der Waals surface area contributed by atoms with E-state index >= 15 is 0 Å². The third kappa shape index (κ3) is 5.10. The highest BCUT2D eigenvalue weighted by molar-refractivity contribution is 6.03. The van der Waals surface area contributed by atoms with Crippen molar-refractivity contribution in [3.63, 3.8) is 0 Å². The van der Waals surface area contributed by atoms with Crippen LogP contribution < -0.4 is 4.90 Å². The lowest BCUT2D eigenvalue weighted by Gasteiger charge is -2.15. The number of esters is 1. The summed E-state index contributed by atoms with van der Waals surface area (Å²) in [5.41, 5.74) is 1.08. The predicted octanol–water partition coefficient (Wildman–Crippen LogP) is 2.08. The summed E-state index contributed by atoms with van der Waals surface area (Å²) in [6, 6.07) is 6.39. The molecule has 0 saturated heterocycles. The fourth-order valence-corrected chi connectivity index (χ4v) is 1.56. The zero-order chi connectivity index (χ0) is 15.7. The standard InChI is InChI=1S/C15H17NO5/c1-3-9-21-15(19)16(11-17)13-7-5-12(6-8-13)10-14(18)20-4-2/h3,5-8,11H,1,4,9-10H2,2H3. The Kier molecular flexibility index (Phi) is 6.67. The molecule has 0 spiro atoms. The topological polar surface area (TPSA) is 72.9 Å². The molecule has 0 unspecified atom stereocenters. The molecule has 21 heavy (non-hydrogen) atoms. The minimum atomic E-state index is -0.789. The first-order valence-electron chi connectivity index (χ1n) is 6.39. The zero-order valence-electron chi connectivity index (χ0n) is 11.8. The quantitative estimate of drug-likeness (QED) is 0.437. The first-order valence-corrected chi connectivity index (χ1v) is 6.39. The van der Waals surface area contributed by atoms with Crippen molar-refractivity contribution in [3.8, 4) is 0 Å². The van der Waals surface area contributed by atoms with E-state index in [0.29, 0.717) is 18.7 Å². The molecule has 0 saturated carbocycles. The maximum atomic E-state index is 11.6. The number of carbonyl (C=O) groups is 3. The van der Waals surface area contributed by atoms with Gasteiger partial charge in [-0.1, -0.05) is 24.8 Å². The lowest BCUT2D eigenvalue weighted by molar-refractivity contribution is -0.142. The number of ether oxygens (including phenoxy) is 2. The van der Waals surface area contributed by atoms with Gasteiger partial charge in [0.15, 0.2) is 0 Å². The summed E-state index contributed by atoms with van der Waals surface area (Å²) in [6.45, 7) is 5.49. The van der Waals surface area contributed by atoms with Crippen molar-refractivity contribution in [1.29, 1.82) is 0 Å². The highest BCUT2D eigenvalue weighted by Gasteiger charge is 2.16. The number of amides is 2. The number of anilines is 1. The molecule has 2 amide bonds. The molecule has 112 valence electrons. The molecule has 0 aliphatic carbocycles. The highest BCUT2D eigenvalue weighted by atomic mass is 16.6. The van der Waals surface area contributed by atoms with Crippen molar-refractivity contribution in [1.82, 2.24) is 0 Å². The number of nitrogens with zero attached hydrogens (tertiary/aromatic N) is 1. The molecule has 1 aromatic rings. The number of rotatable bonds is 7. The molecule has 1 rings (SSSR count). The minimum absolute atomic E-state index is 0.0180. The van der Waals surface area contributed by atoms with Gasteiger partial charge in [0.05, 0.1) is 18.7 Å². The van der Waals surface area contributed by atoms with Crippen molar-refractivity contribution in [2.45, 2.75) is 13.3 Å². The molecule has 0 fully saturated rings. The Hall–Kier alpha value is -2.63. The Bertz CT molecular complexity index is 509. The van der Waals surface area contributed by atoms with Crippen LogP contribution in [-0.4, -0.2) is 31.7 Å². The zero-order valence-corrected chi connectivity index (χ0v) is 11.8. The van der Waals surface area contributed by atoms with Gasteiger partial charge in [0.1, 0.15) is 6.61 Å². The summed E-state index contributed by atoms with van der Waals surface area (Å²) in [7, 11) is 0. The maximum Gasteiger partial charge on any atom is 0.421 e. The first kappa shape index (κ1) is 16.4. The average molecular weight is 291 g/mol. The van der Waals surface area contributed by atoms with Crippen molar-refractivity contribution in [2.24, 2.45) is 0 Å². The number of imide groups is 1. The highest BCUT2D eigenvalue weighted by Crippen LogP contribution is 2.15. The molecule has 1 aromatic carbocycles. The van der Waals surface area contributed by atoms with Gasteiger partial charge in [-0.25, -0.2) is 9.69 Å². The van der Waals surface area contributed by atoms with Gasteiger partial charge in [-0.3, -0.25) is 9.59 Å². The lowest BCUT2D eigenvalue weighted by Crippen LogP contribution is -2.30. The molecule has 0 radical (unpaired) electrons. The van der Waals surface area contributed by atoms with Crippen LogP contribution in [0.15, 0.2) is 36.9 Å². The second-order valence-electron chi connectivity index (χ2n) is 3.99. The number of benzene rings is 1. The van der Waals surface area contributed by atoms with Gasteiger partial charge in [-0.2, -0.15) is 0 Å². The molecular weight excluding hydrogens is 274 g/mol. The van der Waals surface area contributed by atoms with E-state index in [4.69, 9.17) is 9.47 Å². The number of carbonyl (C=O) groups excluding carboxylic acids is 3. The van der Waals surface area contributed by atoms with Gasteiger partial charge in [0.2, 0.25) is 6.41 Å². The Morgan fingerprint density at radius 2 is 1.90 bits per heavy atom. The molecule has 6 nitrogen and oxygen atoms in total. The van der Waals surface area contributed by atoms with Gasteiger partial charge in [0.25, 0.3) is 0 Å². The summed E-state index contributed by atoms with van der Waals surface area (Å²) >= 11 is 0. The van der Waals surface area contributed by atoms with E-state index in [1.54, 1.807) is 31.2 Å². The minimum Gasteiger partial charge on any atom is -0.466 e. The van der Waals surface area contributed by atoms with E-state index < -0.39 is 6.09 Å². The maximum absolute atomic E-state index is 11.6. The molecule has 0 bridgehead atoms. The molecule has 6 heteroatoms. The first-order chi connectivity index (χ1) is 10.1. The number of hydrogen-bond donors (Lipinski definition) is 0. The van der Waals surface area contributed by atoms with Gasteiger partial charge in [-0.15, -0.1) is 0 Å². The molecular formula is C15H17NO5. The van der Waals surface area contributed by atoms with E-state index in [0.717, 1.165) is 10.5 Å². The molecule has 0 aromatic heterocycles. The Morgan fingerprint density at radius 3 is 2.43 bits per heavy atom. The van der Waals surface area contributed by atoms with Crippen LogP contribution in [0, 0.1) is 0 Å². The van der Waals surface area contributed by atoms with Gasteiger partial charge in [0, 0.05) is 0 Å². The second-order valence-corrected chi connectivity index (χ2v) is 3.99. The van der Waals surface area contributed by atoms with Crippen LogP contribution in [0.25, 0.3) is 0 Å². The van der Waals surface area contributed by atoms with Gasteiger partial charge < -0.3 is 9.47 Å². The summed E-state index contributed by atoms with van der Waals surface area (Å²) in [5, 5.41) is 0. The lowest BCUT2D eigenvalue weighted by atomic mass is 10.1. The van der Waals surface area contributed by atoms with Crippen LogP contribution in [0.4, 0.5) is 10.5 Å². The summed E-state index contributed by atoms with van der Waals surface area (Å²) in [5.74, 6) is -0.331. The van der Waals surface area contributed by atoms with Crippen molar-refractivity contribution in [3.05, 3.63) is 42.5 Å². The van der Waals surface area contributed by atoms with Crippen molar-refractivity contribution in [2.75, 3.05) is 18.1 Å². The van der Waals surface area contributed by atoms with E-state index in [1.807, 2.05) is 0 Å². The number of hydrogen-bond acceptors (Lipinski definition) is 5. The van der Waals surface area contributed by atoms with E-state index in [1.165, 1.54) is 6.08 Å². The second kappa shape index (κ2) is 8.52. The van der Waals surface area contributed by atoms with E-state index in [2.05, 4.69) is 6.58 Å². The third-order valence-electron chi connectivity index (χ3n) is 2.50. The molecule has 0 N–H and O–H groups in total. The molecule has 0 aliphatic rings. The van der Waals surface area contributed by atoms with Gasteiger partial charge in [-0.05, 0) is 24.6 Å². The van der Waals surface area contributed by atoms with Gasteiger partial charge >= 0.3 is 12.1 Å². The monoisotopic (exact) mass is 291 g/mol. The average Bonchev–Trinajstić information content (AvgIpc) is 2.48. The van der Waals surface area contributed by atoms with Crippen LogP contribution >= 0.6 is 0 Å². The van der Waals surface area contributed by atoms with E-state index in [-0.39, 0.29) is 19.0 Å². The van der Waals surface area contributed by atoms with Crippen LogP contribution in [0.3, 0.4) is 0 Å². The van der Waals surface area contributed by atoms with Crippen LogP contribution in [0.1, 0.15) is 12.5 Å². The van der Waals surface area contributed by atoms with Crippen LogP contribution in [0.2, 0.25) is 0 Å². The summed E-state index contributed by atoms with van der Waals surface area (Å²) in [6.07, 6.45) is 1.12. The molecule has 0 atom stereocenters. The largest absolute Gasteiger partial charge is 0.466 e. The smallest absolute Gasteiger partial charge is 0.421 e. The van der Waals surface area contributed by atoms with Crippen molar-refractivity contribution >= 4 is 24.2 Å². The molecule has 0 heterocycles. The Labute approximate surface area is 122 Å². The van der Waals surface area contributed by atoms with E-state index in [9.17, 15) is 14.4 Å². The summed E-state index contributed by atoms with van der Waals surface area (Å²) in [4.78, 5) is 34.8. The predicted molar refractivity (Wildman–Crippen MR) is 76.9 cm³/mol. The van der Waals surface area contributed by atoms with Crippen molar-refractivity contribution < 1.29 is 23.9 Å².